The summed E-state index contributed by atoms with van der Waals surface area (Å²) in [5.41, 5.74) is 2.26. The van der Waals surface area contributed by atoms with Crippen LogP contribution in [-0.2, 0) is 10.2 Å². The molecule has 0 atom stereocenters. The van der Waals surface area contributed by atoms with Gasteiger partial charge in [-0.05, 0) is 61.2 Å². The van der Waals surface area contributed by atoms with Crippen LogP contribution in [0.2, 0.25) is 5.02 Å². The standard InChI is InChI=1S/C18H16ClNO3/c1-11-8-13(19)3-4-14(11)20-17(21)18(6-7-18)12-2-5-15-16(9-12)23-10-22-15/h2-5,8-9H,6-7,10H2,1H3,(H,20,21). The molecule has 1 aliphatic carbocycles. The Labute approximate surface area is 139 Å². The number of nitrogens with one attached hydrogen (secondary N) is 1. The summed E-state index contributed by atoms with van der Waals surface area (Å²) in [6.45, 7) is 2.17. The highest BCUT2D eigenvalue weighted by Gasteiger charge is 2.51. The van der Waals surface area contributed by atoms with E-state index in [0.717, 1.165) is 35.4 Å². The van der Waals surface area contributed by atoms with Crippen molar-refractivity contribution in [3.8, 4) is 11.5 Å². The number of ether oxygens (including phenoxy) is 2. The van der Waals surface area contributed by atoms with E-state index in [4.69, 9.17) is 21.1 Å². The van der Waals surface area contributed by atoms with Gasteiger partial charge in [0, 0.05) is 10.7 Å². The van der Waals surface area contributed by atoms with Crippen molar-refractivity contribution in [2.75, 3.05) is 12.1 Å². The maximum atomic E-state index is 12.8. The average molecular weight is 330 g/mol. The van der Waals surface area contributed by atoms with Crippen LogP contribution in [0.4, 0.5) is 5.69 Å². The zero-order chi connectivity index (χ0) is 16.0. The predicted molar refractivity (Wildman–Crippen MR) is 88.3 cm³/mol. The highest BCUT2D eigenvalue weighted by molar-refractivity contribution is 6.30. The highest BCUT2D eigenvalue weighted by atomic mass is 35.5. The van der Waals surface area contributed by atoms with E-state index in [0.29, 0.717) is 10.8 Å². The van der Waals surface area contributed by atoms with Gasteiger partial charge in [-0.1, -0.05) is 17.7 Å². The minimum atomic E-state index is -0.465. The summed E-state index contributed by atoms with van der Waals surface area (Å²) < 4.78 is 10.8. The number of aryl methyl sites for hydroxylation is 1. The highest BCUT2D eigenvalue weighted by Crippen LogP contribution is 2.51. The van der Waals surface area contributed by atoms with Crippen molar-refractivity contribution >= 4 is 23.2 Å². The van der Waals surface area contributed by atoms with Gasteiger partial charge in [-0.15, -0.1) is 0 Å². The summed E-state index contributed by atoms with van der Waals surface area (Å²) >= 11 is 5.97. The molecular formula is C18H16ClNO3. The van der Waals surface area contributed by atoms with Crippen LogP contribution in [0.15, 0.2) is 36.4 Å². The Kier molecular flexibility index (Phi) is 3.23. The fourth-order valence-corrected chi connectivity index (χ4v) is 3.20. The molecule has 0 aromatic heterocycles. The summed E-state index contributed by atoms with van der Waals surface area (Å²) in [6, 6.07) is 11.2. The minimum absolute atomic E-state index is 0.0155. The van der Waals surface area contributed by atoms with Gasteiger partial charge >= 0.3 is 0 Å². The number of carbonyl (C=O) groups excluding carboxylic acids is 1. The summed E-state index contributed by atoms with van der Waals surface area (Å²) in [7, 11) is 0. The van der Waals surface area contributed by atoms with Gasteiger partial charge in [0.25, 0.3) is 0 Å². The van der Waals surface area contributed by atoms with Crippen LogP contribution in [0, 0.1) is 6.92 Å². The number of hydrogen-bond acceptors (Lipinski definition) is 3. The third-order valence-electron chi connectivity index (χ3n) is 4.55. The van der Waals surface area contributed by atoms with E-state index in [-0.39, 0.29) is 12.7 Å². The zero-order valence-electron chi connectivity index (χ0n) is 12.7. The molecule has 4 rings (SSSR count). The van der Waals surface area contributed by atoms with Gasteiger partial charge in [0.2, 0.25) is 12.7 Å². The van der Waals surface area contributed by atoms with Gasteiger partial charge < -0.3 is 14.8 Å². The molecule has 1 amide bonds. The number of carbonyl (C=O) groups is 1. The van der Waals surface area contributed by atoms with Crippen LogP contribution >= 0.6 is 11.6 Å². The van der Waals surface area contributed by atoms with E-state index in [1.165, 1.54) is 0 Å². The first-order chi connectivity index (χ1) is 11.1. The molecule has 23 heavy (non-hydrogen) atoms. The van der Waals surface area contributed by atoms with Crippen LogP contribution in [0.3, 0.4) is 0 Å². The van der Waals surface area contributed by atoms with Crippen molar-refractivity contribution in [3.63, 3.8) is 0 Å². The molecule has 0 radical (unpaired) electrons. The van der Waals surface area contributed by atoms with Crippen LogP contribution in [-0.4, -0.2) is 12.7 Å². The molecule has 1 N–H and O–H groups in total. The number of anilines is 1. The summed E-state index contributed by atoms with van der Waals surface area (Å²) in [5.74, 6) is 1.46. The van der Waals surface area contributed by atoms with Crippen molar-refractivity contribution in [1.29, 1.82) is 0 Å². The number of benzene rings is 2. The fourth-order valence-electron chi connectivity index (χ4n) is 2.98. The van der Waals surface area contributed by atoms with Crippen molar-refractivity contribution in [2.24, 2.45) is 0 Å². The average Bonchev–Trinajstić information content (AvgIpc) is 3.21. The first-order valence-electron chi connectivity index (χ1n) is 7.56. The molecule has 0 bridgehead atoms. The predicted octanol–water partition coefficient (Wildman–Crippen LogP) is 4.05. The molecule has 118 valence electrons. The quantitative estimate of drug-likeness (QED) is 0.924. The Morgan fingerprint density at radius 3 is 2.65 bits per heavy atom. The molecule has 0 saturated heterocycles. The number of fused-ring (bicyclic) bond motifs is 1. The number of halogens is 1. The van der Waals surface area contributed by atoms with Crippen molar-refractivity contribution in [3.05, 3.63) is 52.5 Å². The Balaban J connectivity index is 1.60. The number of amides is 1. The molecule has 2 aromatic rings. The second-order valence-electron chi connectivity index (χ2n) is 6.06. The van der Waals surface area contributed by atoms with Gasteiger partial charge in [-0.2, -0.15) is 0 Å². The van der Waals surface area contributed by atoms with Crippen LogP contribution in [0.1, 0.15) is 24.0 Å². The Hall–Kier alpha value is -2.20. The molecule has 1 aliphatic heterocycles. The van der Waals surface area contributed by atoms with Crippen molar-refractivity contribution < 1.29 is 14.3 Å². The Morgan fingerprint density at radius 2 is 1.91 bits per heavy atom. The minimum Gasteiger partial charge on any atom is -0.454 e. The third-order valence-corrected chi connectivity index (χ3v) is 4.78. The smallest absolute Gasteiger partial charge is 0.235 e. The molecule has 0 unspecified atom stereocenters. The zero-order valence-corrected chi connectivity index (χ0v) is 13.4. The molecule has 1 fully saturated rings. The van der Waals surface area contributed by atoms with Gasteiger partial charge in [-0.25, -0.2) is 0 Å². The fraction of sp³-hybridized carbons (Fsp3) is 0.278. The lowest BCUT2D eigenvalue weighted by atomic mass is 9.94. The summed E-state index contributed by atoms with van der Waals surface area (Å²) in [6.07, 6.45) is 1.68. The van der Waals surface area contributed by atoms with E-state index >= 15 is 0 Å². The number of hydrogen-bond donors (Lipinski definition) is 1. The maximum Gasteiger partial charge on any atom is 0.235 e. The summed E-state index contributed by atoms with van der Waals surface area (Å²) in [5, 5.41) is 3.70. The Morgan fingerprint density at radius 1 is 1.13 bits per heavy atom. The molecule has 1 heterocycles. The molecular weight excluding hydrogens is 314 g/mol. The van der Waals surface area contributed by atoms with E-state index in [1.807, 2.05) is 37.3 Å². The van der Waals surface area contributed by atoms with E-state index in [9.17, 15) is 4.79 Å². The topological polar surface area (TPSA) is 47.6 Å². The van der Waals surface area contributed by atoms with Crippen molar-refractivity contribution in [1.82, 2.24) is 0 Å². The monoisotopic (exact) mass is 329 g/mol. The van der Waals surface area contributed by atoms with Crippen LogP contribution < -0.4 is 14.8 Å². The van der Waals surface area contributed by atoms with E-state index < -0.39 is 5.41 Å². The molecule has 4 nitrogen and oxygen atoms in total. The molecule has 2 aliphatic rings. The van der Waals surface area contributed by atoms with E-state index in [2.05, 4.69) is 5.32 Å². The summed E-state index contributed by atoms with van der Waals surface area (Å²) in [4.78, 5) is 12.8. The van der Waals surface area contributed by atoms with Gasteiger partial charge in [0.05, 0.1) is 5.41 Å². The van der Waals surface area contributed by atoms with Crippen LogP contribution in [0.25, 0.3) is 0 Å². The molecule has 0 spiro atoms. The molecule has 1 saturated carbocycles. The SMILES string of the molecule is Cc1cc(Cl)ccc1NC(=O)C1(c2ccc3c(c2)OCO3)CC1. The maximum absolute atomic E-state index is 12.8. The van der Waals surface area contributed by atoms with Crippen LogP contribution in [0.5, 0.6) is 11.5 Å². The molecule has 5 heteroatoms. The van der Waals surface area contributed by atoms with Gasteiger partial charge in [0.1, 0.15) is 0 Å². The lowest BCUT2D eigenvalue weighted by Gasteiger charge is -2.17. The first kappa shape index (κ1) is 14.4. The van der Waals surface area contributed by atoms with Gasteiger partial charge in [0.15, 0.2) is 11.5 Å². The second kappa shape index (κ2) is 5.17. The first-order valence-corrected chi connectivity index (χ1v) is 7.94. The van der Waals surface area contributed by atoms with Gasteiger partial charge in [-0.3, -0.25) is 4.79 Å². The third kappa shape index (κ3) is 2.43. The second-order valence-corrected chi connectivity index (χ2v) is 6.50. The number of rotatable bonds is 3. The Bertz CT molecular complexity index is 799. The van der Waals surface area contributed by atoms with E-state index in [1.54, 1.807) is 6.07 Å². The van der Waals surface area contributed by atoms with Crippen molar-refractivity contribution in [2.45, 2.75) is 25.2 Å². The lowest BCUT2D eigenvalue weighted by Crippen LogP contribution is -2.28. The normalized spacial score (nSPS) is 17.0. The largest absolute Gasteiger partial charge is 0.454 e. The molecule has 2 aromatic carbocycles. The lowest BCUT2D eigenvalue weighted by molar-refractivity contribution is -0.118.